The van der Waals surface area contributed by atoms with Gasteiger partial charge in [-0.2, -0.15) is 0 Å². The number of rotatable bonds is 7. The zero-order valence-corrected chi connectivity index (χ0v) is 12.2. The predicted molar refractivity (Wildman–Crippen MR) is 73.1 cm³/mol. The summed E-state index contributed by atoms with van der Waals surface area (Å²) in [7, 11) is 4.08. The smallest absolute Gasteiger partial charge is 0.313 e. The Morgan fingerprint density at radius 2 is 2.28 bits per heavy atom. The van der Waals surface area contributed by atoms with Gasteiger partial charge in [-0.25, -0.2) is 4.98 Å². The fourth-order valence-corrected chi connectivity index (χ4v) is 2.27. The third-order valence-electron chi connectivity index (χ3n) is 2.92. The Labute approximate surface area is 112 Å². The van der Waals surface area contributed by atoms with E-state index in [1.54, 1.807) is 0 Å². The van der Waals surface area contributed by atoms with Gasteiger partial charge in [0.1, 0.15) is 0 Å². The minimum atomic E-state index is -0.812. The molecule has 18 heavy (non-hydrogen) atoms. The summed E-state index contributed by atoms with van der Waals surface area (Å²) in [6.07, 6.45) is 2.74. The van der Waals surface area contributed by atoms with E-state index in [2.05, 4.69) is 28.3 Å². The maximum atomic E-state index is 10.6. The number of carboxylic acids is 1. The van der Waals surface area contributed by atoms with Crippen molar-refractivity contribution in [2.75, 3.05) is 19.8 Å². The first-order valence-electron chi connectivity index (χ1n) is 6.01. The first kappa shape index (κ1) is 15.0. The van der Waals surface area contributed by atoms with Crippen LogP contribution in [0.2, 0.25) is 0 Å². The minimum Gasteiger partial charge on any atom is -0.481 e. The third kappa shape index (κ3) is 4.03. The van der Waals surface area contributed by atoms with Gasteiger partial charge in [0.15, 0.2) is 5.16 Å². The Morgan fingerprint density at radius 3 is 2.78 bits per heavy atom. The number of likely N-dealkylation sites (N-methyl/N-ethyl adjacent to an activating group) is 1. The first-order valence-corrected chi connectivity index (χ1v) is 6.99. The molecule has 1 aromatic heterocycles. The monoisotopic (exact) mass is 271 g/mol. The van der Waals surface area contributed by atoms with Crippen molar-refractivity contribution in [2.45, 2.75) is 38.0 Å². The molecule has 1 atom stereocenters. The molecule has 0 fully saturated rings. The molecule has 1 N–H and O–H groups in total. The molecule has 0 aromatic carbocycles. The highest BCUT2D eigenvalue weighted by atomic mass is 32.2. The minimum absolute atomic E-state index is 0.0521. The highest BCUT2D eigenvalue weighted by Gasteiger charge is 2.14. The number of aliphatic carboxylic acids is 1. The summed E-state index contributed by atoms with van der Waals surface area (Å²) in [6.45, 7) is 5.06. The van der Waals surface area contributed by atoms with E-state index in [0.29, 0.717) is 6.04 Å². The number of aryl methyl sites for hydroxylation is 1. The lowest BCUT2D eigenvalue weighted by atomic mass is 10.3. The number of hydrogen-bond donors (Lipinski definition) is 1. The standard InChI is InChI=1S/C12H21N3O2S/c1-5-10-6-13-12(18-8-11(16)17)15(10)7-9(2)14(3)4/h6,9H,5,7-8H2,1-4H3,(H,16,17). The van der Waals surface area contributed by atoms with Gasteiger partial charge in [-0.15, -0.1) is 0 Å². The van der Waals surface area contributed by atoms with Crippen molar-refractivity contribution in [1.29, 1.82) is 0 Å². The molecule has 5 nitrogen and oxygen atoms in total. The first-order chi connectivity index (χ1) is 8.45. The number of carbonyl (C=O) groups is 1. The molecule has 0 radical (unpaired) electrons. The molecule has 0 aliphatic rings. The molecule has 1 unspecified atom stereocenters. The molecule has 0 saturated heterocycles. The summed E-state index contributed by atoms with van der Waals surface area (Å²) in [4.78, 5) is 17.1. The average molecular weight is 271 g/mol. The molecule has 6 heteroatoms. The van der Waals surface area contributed by atoms with Gasteiger partial charge in [-0.1, -0.05) is 18.7 Å². The van der Waals surface area contributed by atoms with Gasteiger partial charge in [-0.3, -0.25) is 4.79 Å². The van der Waals surface area contributed by atoms with Gasteiger partial charge in [0.25, 0.3) is 0 Å². The number of carboxylic acid groups (broad SMARTS) is 1. The van der Waals surface area contributed by atoms with Crippen LogP contribution in [-0.4, -0.2) is 51.4 Å². The van der Waals surface area contributed by atoms with Crippen molar-refractivity contribution in [2.24, 2.45) is 0 Å². The normalized spacial score (nSPS) is 12.9. The van der Waals surface area contributed by atoms with Crippen molar-refractivity contribution >= 4 is 17.7 Å². The number of hydrogen-bond acceptors (Lipinski definition) is 4. The van der Waals surface area contributed by atoms with Crippen molar-refractivity contribution in [3.05, 3.63) is 11.9 Å². The van der Waals surface area contributed by atoms with E-state index in [9.17, 15) is 4.79 Å². The molecule has 0 spiro atoms. The van der Waals surface area contributed by atoms with Crippen LogP contribution in [0.4, 0.5) is 0 Å². The fraction of sp³-hybridized carbons (Fsp3) is 0.667. The lowest BCUT2D eigenvalue weighted by Gasteiger charge is -2.22. The van der Waals surface area contributed by atoms with Crippen LogP contribution in [0.25, 0.3) is 0 Å². The van der Waals surface area contributed by atoms with E-state index in [0.717, 1.165) is 23.8 Å². The summed E-state index contributed by atoms with van der Waals surface area (Å²) in [6, 6.07) is 0.383. The summed E-state index contributed by atoms with van der Waals surface area (Å²) in [5.74, 6) is -0.760. The zero-order chi connectivity index (χ0) is 13.7. The van der Waals surface area contributed by atoms with E-state index < -0.39 is 5.97 Å². The van der Waals surface area contributed by atoms with Gasteiger partial charge < -0.3 is 14.6 Å². The fourth-order valence-electron chi connectivity index (χ4n) is 1.54. The Hall–Kier alpha value is -1.01. The molecule has 1 aromatic rings. The largest absolute Gasteiger partial charge is 0.481 e. The van der Waals surface area contributed by atoms with Crippen LogP contribution in [0.1, 0.15) is 19.5 Å². The quantitative estimate of drug-likeness (QED) is 0.763. The highest BCUT2D eigenvalue weighted by Crippen LogP contribution is 2.20. The average Bonchev–Trinajstić information content (AvgIpc) is 2.68. The van der Waals surface area contributed by atoms with Crippen molar-refractivity contribution in [3.63, 3.8) is 0 Å². The lowest BCUT2D eigenvalue weighted by molar-refractivity contribution is -0.133. The van der Waals surface area contributed by atoms with Crippen LogP contribution in [0.15, 0.2) is 11.4 Å². The van der Waals surface area contributed by atoms with Crippen molar-refractivity contribution < 1.29 is 9.90 Å². The van der Waals surface area contributed by atoms with Crippen LogP contribution in [0.3, 0.4) is 0 Å². The van der Waals surface area contributed by atoms with E-state index in [4.69, 9.17) is 5.11 Å². The molecule has 1 rings (SSSR count). The van der Waals surface area contributed by atoms with Gasteiger partial charge in [0.2, 0.25) is 0 Å². The molecule has 0 bridgehead atoms. The molecule has 0 saturated carbocycles. The number of thioether (sulfide) groups is 1. The van der Waals surface area contributed by atoms with Crippen LogP contribution >= 0.6 is 11.8 Å². The third-order valence-corrected chi connectivity index (χ3v) is 3.89. The lowest BCUT2D eigenvalue weighted by Crippen LogP contribution is -2.30. The zero-order valence-electron chi connectivity index (χ0n) is 11.4. The Balaban J connectivity index is 2.84. The number of nitrogens with zero attached hydrogens (tertiary/aromatic N) is 3. The van der Waals surface area contributed by atoms with E-state index >= 15 is 0 Å². The SMILES string of the molecule is CCc1cnc(SCC(=O)O)n1CC(C)N(C)C. The summed E-state index contributed by atoms with van der Waals surface area (Å²) in [5.41, 5.74) is 1.15. The molecule has 102 valence electrons. The van der Waals surface area contributed by atoms with E-state index in [1.807, 2.05) is 20.3 Å². The topological polar surface area (TPSA) is 58.4 Å². The second kappa shape index (κ2) is 6.80. The molecule has 0 aliphatic carbocycles. The van der Waals surface area contributed by atoms with E-state index in [1.165, 1.54) is 11.8 Å². The van der Waals surface area contributed by atoms with Crippen LogP contribution < -0.4 is 0 Å². The van der Waals surface area contributed by atoms with Gasteiger partial charge >= 0.3 is 5.97 Å². The second-order valence-corrected chi connectivity index (χ2v) is 5.43. The maximum Gasteiger partial charge on any atom is 0.313 e. The molecule has 0 amide bonds. The Morgan fingerprint density at radius 1 is 1.61 bits per heavy atom. The van der Waals surface area contributed by atoms with E-state index in [-0.39, 0.29) is 5.75 Å². The maximum absolute atomic E-state index is 10.6. The Bertz CT molecular complexity index is 404. The van der Waals surface area contributed by atoms with Gasteiger partial charge in [0, 0.05) is 24.5 Å². The van der Waals surface area contributed by atoms with Crippen molar-refractivity contribution in [1.82, 2.24) is 14.5 Å². The Kier molecular flexibility index (Phi) is 5.68. The molecule has 0 aliphatic heterocycles. The summed E-state index contributed by atoms with van der Waals surface area (Å²) < 4.78 is 2.12. The molecular formula is C12H21N3O2S. The molecule has 1 heterocycles. The summed E-state index contributed by atoms with van der Waals surface area (Å²) in [5, 5.41) is 9.53. The number of aromatic nitrogens is 2. The molecular weight excluding hydrogens is 250 g/mol. The van der Waals surface area contributed by atoms with Crippen LogP contribution in [0, 0.1) is 0 Å². The van der Waals surface area contributed by atoms with Crippen molar-refractivity contribution in [3.8, 4) is 0 Å². The highest BCUT2D eigenvalue weighted by molar-refractivity contribution is 7.99. The van der Waals surface area contributed by atoms with Gasteiger partial charge in [0.05, 0.1) is 5.75 Å². The second-order valence-electron chi connectivity index (χ2n) is 4.49. The van der Waals surface area contributed by atoms with Gasteiger partial charge in [-0.05, 0) is 27.4 Å². The predicted octanol–water partition coefficient (Wildman–Crippen LogP) is 1.57. The van der Waals surface area contributed by atoms with Crippen LogP contribution in [0.5, 0.6) is 0 Å². The summed E-state index contributed by atoms with van der Waals surface area (Å²) >= 11 is 1.28. The van der Waals surface area contributed by atoms with Crippen LogP contribution in [-0.2, 0) is 17.8 Å². The number of imidazole rings is 1.